The fourth-order valence-corrected chi connectivity index (χ4v) is 1.64. The van der Waals surface area contributed by atoms with Crippen LogP contribution >= 0.6 is 0 Å². The first-order chi connectivity index (χ1) is 7.81. The van der Waals surface area contributed by atoms with Gasteiger partial charge in [0.2, 0.25) is 6.29 Å². The van der Waals surface area contributed by atoms with E-state index in [-0.39, 0.29) is 12.4 Å². The summed E-state index contributed by atoms with van der Waals surface area (Å²) in [7, 11) is 0. The number of hydrogen-bond donors (Lipinski definition) is 0. The van der Waals surface area contributed by atoms with Crippen LogP contribution in [0.4, 0.5) is 0 Å². The van der Waals surface area contributed by atoms with Crippen LogP contribution in [-0.4, -0.2) is 19.0 Å². The fourth-order valence-electron chi connectivity index (χ4n) is 1.64. The van der Waals surface area contributed by atoms with Crippen molar-refractivity contribution < 1.29 is 14.2 Å². The lowest BCUT2D eigenvalue weighted by atomic mass is 10.2. The molecule has 0 spiro atoms. The second-order valence-corrected chi connectivity index (χ2v) is 3.98. The van der Waals surface area contributed by atoms with E-state index in [0.29, 0.717) is 0 Å². The van der Waals surface area contributed by atoms with Crippen molar-refractivity contribution in [1.29, 1.82) is 0 Å². The molecule has 16 heavy (non-hydrogen) atoms. The standard InChI is InChI=1S/C13H18O3/c1-3-4-9-14-13-10(2)15-11-7-5-6-8-12(11)16-13/h5-8,10,13H,3-4,9H2,1-2H3/t10?,13-/m0/s1. The Labute approximate surface area is 96.3 Å². The minimum absolute atomic E-state index is 0.0632. The average molecular weight is 222 g/mol. The van der Waals surface area contributed by atoms with E-state index >= 15 is 0 Å². The van der Waals surface area contributed by atoms with E-state index in [2.05, 4.69) is 6.92 Å². The molecule has 0 aliphatic carbocycles. The lowest BCUT2D eigenvalue weighted by Crippen LogP contribution is -2.39. The van der Waals surface area contributed by atoms with Crippen LogP contribution < -0.4 is 9.47 Å². The van der Waals surface area contributed by atoms with Gasteiger partial charge >= 0.3 is 0 Å². The van der Waals surface area contributed by atoms with Crippen LogP contribution in [0.5, 0.6) is 11.5 Å². The predicted octanol–water partition coefficient (Wildman–Crippen LogP) is 2.99. The zero-order valence-corrected chi connectivity index (χ0v) is 9.81. The van der Waals surface area contributed by atoms with Gasteiger partial charge in [-0.25, -0.2) is 0 Å². The number of benzene rings is 1. The van der Waals surface area contributed by atoms with Crippen LogP contribution in [-0.2, 0) is 4.74 Å². The normalized spacial score (nSPS) is 23.1. The van der Waals surface area contributed by atoms with Gasteiger partial charge in [-0.15, -0.1) is 0 Å². The van der Waals surface area contributed by atoms with Crippen molar-refractivity contribution in [2.24, 2.45) is 0 Å². The van der Waals surface area contributed by atoms with Gasteiger partial charge in [0.05, 0.1) is 6.61 Å². The molecule has 1 aliphatic rings. The summed E-state index contributed by atoms with van der Waals surface area (Å²) in [5.41, 5.74) is 0. The lowest BCUT2D eigenvalue weighted by Gasteiger charge is -2.31. The Morgan fingerprint density at radius 3 is 2.56 bits per heavy atom. The molecule has 1 aromatic rings. The molecule has 0 aromatic heterocycles. The Balaban J connectivity index is 1.98. The molecule has 1 unspecified atom stereocenters. The largest absolute Gasteiger partial charge is 0.480 e. The molecule has 88 valence electrons. The Morgan fingerprint density at radius 1 is 1.19 bits per heavy atom. The van der Waals surface area contributed by atoms with E-state index < -0.39 is 0 Å². The Morgan fingerprint density at radius 2 is 1.88 bits per heavy atom. The van der Waals surface area contributed by atoms with Gasteiger partial charge in [-0.2, -0.15) is 0 Å². The highest BCUT2D eigenvalue weighted by Crippen LogP contribution is 2.33. The van der Waals surface area contributed by atoms with Gasteiger partial charge in [-0.3, -0.25) is 0 Å². The van der Waals surface area contributed by atoms with Crippen molar-refractivity contribution >= 4 is 0 Å². The number of unbranched alkanes of at least 4 members (excludes halogenated alkanes) is 1. The first kappa shape index (κ1) is 11.3. The highest BCUT2D eigenvalue weighted by atomic mass is 16.7. The van der Waals surface area contributed by atoms with E-state index in [1.165, 1.54) is 0 Å². The SMILES string of the molecule is CCCCO[C@H]1Oc2ccccc2OC1C. The molecule has 3 heteroatoms. The summed E-state index contributed by atoms with van der Waals surface area (Å²) in [6.07, 6.45) is 1.82. The van der Waals surface area contributed by atoms with E-state index in [4.69, 9.17) is 14.2 Å². The predicted molar refractivity (Wildman–Crippen MR) is 61.8 cm³/mol. The number of fused-ring (bicyclic) bond motifs is 1. The van der Waals surface area contributed by atoms with E-state index in [1.807, 2.05) is 31.2 Å². The van der Waals surface area contributed by atoms with Gasteiger partial charge in [0.25, 0.3) is 0 Å². The van der Waals surface area contributed by atoms with Gasteiger partial charge in [0.15, 0.2) is 17.6 Å². The van der Waals surface area contributed by atoms with Crippen molar-refractivity contribution in [3.05, 3.63) is 24.3 Å². The molecule has 2 atom stereocenters. The minimum atomic E-state index is -0.290. The number of rotatable bonds is 4. The second kappa shape index (κ2) is 5.21. The summed E-state index contributed by atoms with van der Waals surface area (Å²) < 4.78 is 17.1. The van der Waals surface area contributed by atoms with E-state index in [0.717, 1.165) is 30.9 Å². The molecule has 0 N–H and O–H groups in total. The third-order valence-corrected chi connectivity index (χ3v) is 2.57. The maximum Gasteiger partial charge on any atom is 0.237 e. The smallest absolute Gasteiger partial charge is 0.237 e. The lowest BCUT2D eigenvalue weighted by molar-refractivity contribution is -0.147. The van der Waals surface area contributed by atoms with Crippen LogP contribution in [0.3, 0.4) is 0 Å². The highest BCUT2D eigenvalue weighted by Gasteiger charge is 2.28. The van der Waals surface area contributed by atoms with Crippen molar-refractivity contribution in [1.82, 2.24) is 0 Å². The third kappa shape index (κ3) is 2.47. The first-order valence-electron chi connectivity index (χ1n) is 5.85. The van der Waals surface area contributed by atoms with Gasteiger partial charge in [0.1, 0.15) is 0 Å². The molecule has 0 amide bonds. The summed E-state index contributed by atoms with van der Waals surface area (Å²) in [5, 5.41) is 0. The molecular weight excluding hydrogens is 204 g/mol. The van der Waals surface area contributed by atoms with Crippen molar-refractivity contribution in [3.63, 3.8) is 0 Å². The minimum Gasteiger partial charge on any atom is -0.480 e. The summed E-state index contributed by atoms with van der Waals surface area (Å²) >= 11 is 0. The first-order valence-corrected chi connectivity index (χ1v) is 5.85. The van der Waals surface area contributed by atoms with Crippen LogP contribution in [0.25, 0.3) is 0 Å². The molecule has 1 aromatic carbocycles. The summed E-state index contributed by atoms with van der Waals surface area (Å²) in [6, 6.07) is 7.68. The van der Waals surface area contributed by atoms with Crippen molar-refractivity contribution in [2.45, 2.75) is 39.1 Å². The van der Waals surface area contributed by atoms with E-state index in [9.17, 15) is 0 Å². The molecule has 1 aliphatic heterocycles. The van der Waals surface area contributed by atoms with Gasteiger partial charge in [-0.1, -0.05) is 25.5 Å². The van der Waals surface area contributed by atoms with Crippen LogP contribution in [0.2, 0.25) is 0 Å². The zero-order valence-electron chi connectivity index (χ0n) is 9.81. The number of hydrogen-bond acceptors (Lipinski definition) is 3. The van der Waals surface area contributed by atoms with Gasteiger partial charge < -0.3 is 14.2 Å². The summed E-state index contributed by atoms with van der Waals surface area (Å²) in [4.78, 5) is 0. The number of ether oxygens (including phenoxy) is 3. The second-order valence-electron chi connectivity index (χ2n) is 3.98. The van der Waals surface area contributed by atoms with E-state index in [1.54, 1.807) is 0 Å². The molecule has 0 fully saturated rings. The quantitative estimate of drug-likeness (QED) is 0.733. The molecule has 0 saturated heterocycles. The van der Waals surface area contributed by atoms with Gasteiger partial charge in [0, 0.05) is 0 Å². The molecule has 2 rings (SSSR count). The topological polar surface area (TPSA) is 27.7 Å². The average Bonchev–Trinajstić information content (AvgIpc) is 2.30. The summed E-state index contributed by atoms with van der Waals surface area (Å²) in [5.74, 6) is 1.56. The molecule has 3 nitrogen and oxygen atoms in total. The Kier molecular flexibility index (Phi) is 3.67. The molecule has 1 heterocycles. The van der Waals surface area contributed by atoms with Crippen LogP contribution in [0.15, 0.2) is 24.3 Å². The fraction of sp³-hybridized carbons (Fsp3) is 0.538. The van der Waals surface area contributed by atoms with Crippen molar-refractivity contribution in [3.8, 4) is 11.5 Å². The van der Waals surface area contributed by atoms with Crippen molar-refractivity contribution in [2.75, 3.05) is 6.61 Å². The highest BCUT2D eigenvalue weighted by molar-refractivity contribution is 5.40. The molecule has 0 radical (unpaired) electrons. The molecule has 0 saturated carbocycles. The van der Waals surface area contributed by atoms with Crippen LogP contribution in [0.1, 0.15) is 26.7 Å². The maximum atomic E-state index is 5.74. The summed E-state index contributed by atoms with van der Waals surface area (Å²) in [6.45, 7) is 4.82. The molecular formula is C13H18O3. The maximum absolute atomic E-state index is 5.74. The number of para-hydroxylation sites is 2. The Bertz CT molecular complexity index is 338. The van der Waals surface area contributed by atoms with Crippen LogP contribution in [0, 0.1) is 0 Å². The zero-order chi connectivity index (χ0) is 11.4. The Hall–Kier alpha value is -1.22. The third-order valence-electron chi connectivity index (χ3n) is 2.57. The van der Waals surface area contributed by atoms with Gasteiger partial charge in [-0.05, 0) is 25.5 Å². The monoisotopic (exact) mass is 222 g/mol. The molecule has 0 bridgehead atoms.